The number of nitrogens with zero attached hydrogens (tertiary/aromatic N) is 1. The highest BCUT2D eigenvalue weighted by molar-refractivity contribution is 9.10. The van der Waals surface area contributed by atoms with E-state index >= 15 is 0 Å². The van der Waals surface area contributed by atoms with Gasteiger partial charge in [-0.05, 0) is 47.9 Å². The molecule has 0 unspecified atom stereocenters. The van der Waals surface area contributed by atoms with Crippen LogP contribution in [0.25, 0.3) is 0 Å². The molecule has 23 heavy (non-hydrogen) atoms. The summed E-state index contributed by atoms with van der Waals surface area (Å²) in [5.41, 5.74) is 3.57. The average molecular weight is 382 g/mol. The Morgan fingerprint density at radius 1 is 1.26 bits per heavy atom. The molecule has 6 heteroatoms. The molecule has 0 atom stereocenters. The van der Waals surface area contributed by atoms with E-state index in [1.807, 2.05) is 19.1 Å². The summed E-state index contributed by atoms with van der Waals surface area (Å²) in [6, 6.07) is 10.2. The van der Waals surface area contributed by atoms with Crippen LogP contribution in [0.4, 0.5) is 8.78 Å². The number of halogens is 3. The van der Waals surface area contributed by atoms with Crippen molar-refractivity contribution in [2.24, 2.45) is 0 Å². The summed E-state index contributed by atoms with van der Waals surface area (Å²) in [6.07, 6.45) is 0. The van der Waals surface area contributed by atoms with Crippen molar-refractivity contribution in [2.45, 2.75) is 26.6 Å². The molecule has 2 aromatic carbocycles. The van der Waals surface area contributed by atoms with Crippen LogP contribution in [0.1, 0.15) is 27.0 Å². The molecule has 0 saturated heterocycles. The minimum Gasteiger partial charge on any atom is -0.435 e. The van der Waals surface area contributed by atoms with Crippen molar-refractivity contribution < 1.29 is 18.3 Å². The molecule has 3 rings (SSSR count). The van der Waals surface area contributed by atoms with Gasteiger partial charge in [0, 0.05) is 23.1 Å². The molecule has 1 heterocycles. The Hall–Kier alpha value is -1.95. The van der Waals surface area contributed by atoms with E-state index in [1.54, 1.807) is 17.0 Å². The lowest BCUT2D eigenvalue weighted by Gasteiger charge is -2.16. The van der Waals surface area contributed by atoms with Gasteiger partial charge < -0.3 is 9.64 Å². The Bertz CT molecular complexity index is 747. The molecule has 1 aliphatic rings. The summed E-state index contributed by atoms with van der Waals surface area (Å²) in [5, 5.41) is 0. The maximum atomic E-state index is 12.5. The van der Waals surface area contributed by atoms with Gasteiger partial charge in [-0.2, -0.15) is 8.78 Å². The third kappa shape index (κ3) is 3.37. The largest absolute Gasteiger partial charge is 0.435 e. The highest BCUT2D eigenvalue weighted by Crippen LogP contribution is 2.30. The van der Waals surface area contributed by atoms with Crippen molar-refractivity contribution in [1.82, 2.24) is 4.90 Å². The number of hydrogen-bond donors (Lipinski definition) is 0. The van der Waals surface area contributed by atoms with E-state index in [1.165, 1.54) is 12.1 Å². The summed E-state index contributed by atoms with van der Waals surface area (Å²) < 4.78 is 29.6. The number of rotatable bonds is 4. The van der Waals surface area contributed by atoms with Crippen molar-refractivity contribution >= 4 is 21.8 Å². The highest BCUT2D eigenvalue weighted by atomic mass is 79.9. The zero-order chi connectivity index (χ0) is 16.6. The van der Waals surface area contributed by atoms with E-state index in [0.717, 1.165) is 26.7 Å². The minimum atomic E-state index is -2.84. The van der Waals surface area contributed by atoms with Crippen LogP contribution < -0.4 is 4.74 Å². The van der Waals surface area contributed by atoms with Crippen LogP contribution in [0.5, 0.6) is 5.75 Å². The fourth-order valence-corrected chi connectivity index (χ4v) is 3.42. The number of carbonyl (C=O) groups is 1. The number of hydrogen-bond acceptors (Lipinski definition) is 2. The second kappa shape index (κ2) is 6.28. The third-order valence-electron chi connectivity index (χ3n) is 3.77. The predicted octanol–water partition coefficient (Wildman–Crippen LogP) is 4.51. The number of benzene rings is 2. The molecule has 120 valence electrons. The first-order valence-corrected chi connectivity index (χ1v) is 7.85. The first kappa shape index (κ1) is 15.9. The molecule has 0 saturated carbocycles. The molecule has 2 aromatic rings. The summed E-state index contributed by atoms with van der Waals surface area (Å²) >= 11 is 3.44. The Morgan fingerprint density at radius 3 is 2.61 bits per heavy atom. The molecule has 0 spiro atoms. The van der Waals surface area contributed by atoms with Crippen molar-refractivity contribution in [3.05, 3.63) is 63.1 Å². The highest BCUT2D eigenvalue weighted by Gasteiger charge is 2.29. The molecule has 0 fully saturated rings. The Kier molecular flexibility index (Phi) is 4.35. The molecule has 1 amide bonds. The number of ether oxygens (including phenoxy) is 1. The van der Waals surface area contributed by atoms with E-state index in [2.05, 4.69) is 20.7 Å². The van der Waals surface area contributed by atoms with Gasteiger partial charge in [0.2, 0.25) is 0 Å². The fourth-order valence-electron chi connectivity index (χ4n) is 2.80. The van der Waals surface area contributed by atoms with Crippen LogP contribution in [0.2, 0.25) is 0 Å². The second-order valence-corrected chi connectivity index (χ2v) is 6.36. The van der Waals surface area contributed by atoms with Gasteiger partial charge in [0.15, 0.2) is 0 Å². The zero-order valence-corrected chi connectivity index (χ0v) is 13.9. The van der Waals surface area contributed by atoms with Crippen molar-refractivity contribution in [3.63, 3.8) is 0 Å². The van der Waals surface area contributed by atoms with E-state index in [4.69, 9.17) is 0 Å². The van der Waals surface area contributed by atoms with Gasteiger partial charge in [-0.15, -0.1) is 0 Å². The average Bonchev–Trinajstić information content (AvgIpc) is 2.76. The minimum absolute atomic E-state index is 0.00194. The van der Waals surface area contributed by atoms with Crippen molar-refractivity contribution in [2.75, 3.05) is 0 Å². The lowest BCUT2D eigenvalue weighted by atomic mass is 10.0. The summed E-state index contributed by atoms with van der Waals surface area (Å²) in [4.78, 5) is 14.3. The zero-order valence-electron chi connectivity index (χ0n) is 12.4. The van der Waals surface area contributed by atoms with Crippen molar-refractivity contribution in [3.8, 4) is 5.75 Å². The number of alkyl halides is 2. The van der Waals surface area contributed by atoms with E-state index in [-0.39, 0.29) is 11.7 Å². The molecule has 3 nitrogen and oxygen atoms in total. The smallest absolute Gasteiger partial charge is 0.387 e. The van der Waals surface area contributed by atoms with Crippen LogP contribution >= 0.6 is 15.9 Å². The monoisotopic (exact) mass is 381 g/mol. The number of aryl methyl sites for hydroxylation is 1. The molecule has 0 N–H and O–H groups in total. The summed E-state index contributed by atoms with van der Waals surface area (Å²) in [7, 11) is 0. The third-order valence-corrected chi connectivity index (χ3v) is 4.22. The first-order valence-electron chi connectivity index (χ1n) is 7.06. The quantitative estimate of drug-likeness (QED) is 0.779. The number of carbonyl (C=O) groups excluding carboxylic acids is 1. The van der Waals surface area contributed by atoms with Gasteiger partial charge in [0.25, 0.3) is 5.91 Å². The Balaban J connectivity index is 1.75. The van der Waals surface area contributed by atoms with E-state index in [0.29, 0.717) is 13.1 Å². The number of fused-ring (bicyclic) bond motifs is 1. The van der Waals surface area contributed by atoms with Crippen LogP contribution in [0.3, 0.4) is 0 Å². The standard InChI is InChI=1S/C17H14BrF2NO2/c1-10-6-13(18)7-12-9-21(16(22)15(10)12)8-11-2-4-14(5-3-11)23-17(19)20/h2-7,17H,8-9H2,1H3. The van der Waals surface area contributed by atoms with Crippen LogP contribution in [0, 0.1) is 6.92 Å². The number of amides is 1. The van der Waals surface area contributed by atoms with Gasteiger partial charge in [0.05, 0.1) is 0 Å². The molecular formula is C17H14BrF2NO2. The summed E-state index contributed by atoms with van der Waals surface area (Å²) in [5.74, 6) is 0.109. The topological polar surface area (TPSA) is 29.5 Å². The second-order valence-electron chi connectivity index (χ2n) is 5.44. The molecule has 0 bridgehead atoms. The maximum Gasteiger partial charge on any atom is 0.387 e. The fraction of sp³-hybridized carbons (Fsp3) is 0.235. The van der Waals surface area contributed by atoms with Crippen LogP contribution in [-0.4, -0.2) is 17.4 Å². The maximum absolute atomic E-state index is 12.5. The molecule has 1 aliphatic heterocycles. The van der Waals surface area contributed by atoms with Gasteiger partial charge in [0.1, 0.15) is 5.75 Å². The SMILES string of the molecule is Cc1cc(Br)cc2c1C(=O)N(Cc1ccc(OC(F)F)cc1)C2. The molecule has 0 radical (unpaired) electrons. The normalized spacial score (nSPS) is 13.6. The van der Waals surface area contributed by atoms with Gasteiger partial charge in [-0.1, -0.05) is 28.1 Å². The Morgan fingerprint density at radius 2 is 1.96 bits per heavy atom. The van der Waals surface area contributed by atoms with Gasteiger partial charge in [-0.3, -0.25) is 4.79 Å². The lowest BCUT2D eigenvalue weighted by Crippen LogP contribution is -2.23. The van der Waals surface area contributed by atoms with Gasteiger partial charge in [-0.25, -0.2) is 0 Å². The Labute approximate surface area is 141 Å². The molecule has 0 aromatic heterocycles. The molecular weight excluding hydrogens is 368 g/mol. The van der Waals surface area contributed by atoms with Crippen LogP contribution in [-0.2, 0) is 13.1 Å². The van der Waals surface area contributed by atoms with E-state index < -0.39 is 6.61 Å². The van der Waals surface area contributed by atoms with Gasteiger partial charge >= 0.3 is 6.61 Å². The molecule has 0 aliphatic carbocycles. The lowest BCUT2D eigenvalue weighted by molar-refractivity contribution is -0.0498. The van der Waals surface area contributed by atoms with E-state index in [9.17, 15) is 13.6 Å². The predicted molar refractivity (Wildman–Crippen MR) is 85.5 cm³/mol. The summed E-state index contributed by atoms with van der Waals surface area (Å²) in [6.45, 7) is 0.0574. The first-order chi connectivity index (χ1) is 10.9. The van der Waals surface area contributed by atoms with Crippen molar-refractivity contribution in [1.29, 1.82) is 0 Å². The van der Waals surface area contributed by atoms with Crippen LogP contribution in [0.15, 0.2) is 40.9 Å².